The molecular weight excluding hydrogens is 825 g/mol. The highest BCUT2D eigenvalue weighted by Gasteiger charge is 2.31. The zero-order valence-electron chi connectivity index (χ0n) is 38.6. The van der Waals surface area contributed by atoms with Gasteiger partial charge in [0.25, 0.3) is 0 Å². The number of esters is 4. The summed E-state index contributed by atoms with van der Waals surface area (Å²) in [5.41, 5.74) is 1.90. The van der Waals surface area contributed by atoms with Crippen LogP contribution in [0.1, 0.15) is 90.2 Å². The number of rotatable bonds is 12. The third kappa shape index (κ3) is 20.5. The van der Waals surface area contributed by atoms with E-state index in [1.165, 1.54) is 0 Å². The van der Waals surface area contributed by atoms with Crippen LogP contribution >= 0.6 is 0 Å². The third-order valence-electron chi connectivity index (χ3n) is 11.1. The molecule has 6 rings (SSSR count). The third-order valence-corrected chi connectivity index (χ3v) is 11.1. The molecule has 4 fully saturated rings. The summed E-state index contributed by atoms with van der Waals surface area (Å²) in [6.07, 6.45) is 6.69. The van der Waals surface area contributed by atoms with E-state index >= 15 is 0 Å². The Labute approximate surface area is 379 Å². The summed E-state index contributed by atoms with van der Waals surface area (Å²) in [6, 6.07) is 19.1. The van der Waals surface area contributed by atoms with Crippen molar-refractivity contribution in [3.8, 4) is 0 Å². The van der Waals surface area contributed by atoms with Crippen molar-refractivity contribution < 1.29 is 67.8 Å². The predicted octanol–water partition coefficient (Wildman–Crippen LogP) is 4.24. The maximum absolute atomic E-state index is 12.0. The van der Waals surface area contributed by atoms with Gasteiger partial charge in [-0.15, -0.1) is 0 Å². The van der Waals surface area contributed by atoms with E-state index in [4.69, 9.17) is 28.4 Å². The number of hydrogen-bond acceptors (Lipinski definition) is 12. The van der Waals surface area contributed by atoms with Gasteiger partial charge < -0.3 is 48.9 Å². The Bertz CT molecular complexity index is 1530. The molecule has 4 N–H and O–H groups in total. The minimum atomic E-state index is -0.368. The molecule has 2 aromatic rings. The highest BCUT2D eigenvalue weighted by atomic mass is 16.6. The zero-order chi connectivity index (χ0) is 46.4. The second-order valence-electron chi connectivity index (χ2n) is 16.0. The number of ether oxygens (including phenoxy) is 6. The summed E-state index contributed by atoms with van der Waals surface area (Å²) < 4.78 is 30.5. The van der Waals surface area contributed by atoms with Gasteiger partial charge >= 0.3 is 36.1 Å². The summed E-state index contributed by atoms with van der Waals surface area (Å²) in [6.45, 7) is 15.7. The first-order chi connectivity index (χ1) is 31.1. The molecule has 0 saturated carbocycles. The zero-order valence-corrected chi connectivity index (χ0v) is 38.6. The minimum Gasteiger partial charge on any atom is -0.466 e. The number of amides is 2. The number of carbonyl (C=O) groups is 6. The van der Waals surface area contributed by atoms with Crippen LogP contribution in [0.15, 0.2) is 60.7 Å². The first kappa shape index (κ1) is 53.1. The van der Waals surface area contributed by atoms with Crippen molar-refractivity contribution in [2.24, 2.45) is 23.7 Å². The summed E-state index contributed by atoms with van der Waals surface area (Å²) in [5.74, 6) is -0.624. The minimum absolute atomic E-state index is 0.0107. The molecular formula is C48H74N4O12+2. The molecule has 4 heterocycles. The Hall–Kier alpha value is -5.22. The van der Waals surface area contributed by atoms with Crippen LogP contribution in [0.3, 0.4) is 0 Å². The van der Waals surface area contributed by atoms with Gasteiger partial charge in [0.05, 0.1) is 64.4 Å². The number of quaternary nitrogens is 2. The molecule has 0 aromatic heterocycles. The van der Waals surface area contributed by atoms with Crippen molar-refractivity contribution in [1.29, 1.82) is 0 Å². The van der Waals surface area contributed by atoms with Crippen LogP contribution in [0, 0.1) is 23.7 Å². The molecule has 64 heavy (non-hydrogen) atoms. The number of benzene rings is 2. The Morgan fingerprint density at radius 2 is 0.797 bits per heavy atom. The van der Waals surface area contributed by atoms with E-state index in [-0.39, 0.29) is 72.9 Å². The van der Waals surface area contributed by atoms with Crippen molar-refractivity contribution in [2.75, 3.05) is 78.8 Å². The average Bonchev–Trinajstić information content (AvgIpc) is 3.34. The van der Waals surface area contributed by atoms with Gasteiger partial charge in [0, 0.05) is 26.2 Å². The van der Waals surface area contributed by atoms with Gasteiger partial charge in [0.15, 0.2) is 0 Å². The molecule has 0 radical (unpaired) electrons. The first-order valence-electron chi connectivity index (χ1n) is 23.3. The van der Waals surface area contributed by atoms with E-state index < -0.39 is 0 Å². The molecule has 0 spiro atoms. The Kier molecular flexibility index (Phi) is 26.2. The molecule has 16 nitrogen and oxygen atoms in total. The standard InChI is InChI=1S/2C16H21NO4.2C8H15NO2/c2*1-2-20-15(18)14-9-6-10-17(11-14)16(19)21-12-13-7-4-3-5-8-13;2*1-2-11-8(10)7-4-3-5-9-6-7/h2*3-5,7-8,14H,2,6,9-12H2,1H3;2*7,9H,2-6H2,1H3/p+2/t2*14-;2*7-/m1010/s1. The van der Waals surface area contributed by atoms with E-state index in [9.17, 15) is 28.8 Å². The number of likely N-dealkylation sites (tertiary alicyclic amines) is 2. The van der Waals surface area contributed by atoms with E-state index in [0.717, 1.165) is 88.7 Å². The summed E-state index contributed by atoms with van der Waals surface area (Å²) >= 11 is 0. The van der Waals surface area contributed by atoms with Crippen LogP contribution in [0.2, 0.25) is 0 Å². The Balaban J connectivity index is 0.000000237. The van der Waals surface area contributed by atoms with Gasteiger partial charge in [0.2, 0.25) is 0 Å². The van der Waals surface area contributed by atoms with Gasteiger partial charge in [-0.25, -0.2) is 9.59 Å². The lowest BCUT2D eigenvalue weighted by Gasteiger charge is -2.30. The monoisotopic (exact) mass is 899 g/mol. The van der Waals surface area contributed by atoms with Crippen molar-refractivity contribution in [2.45, 2.75) is 92.3 Å². The van der Waals surface area contributed by atoms with E-state index in [0.29, 0.717) is 52.6 Å². The van der Waals surface area contributed by atoms with Crippen molar-refractivity contribution in [1.82, 2.24) is 9.80 Å². The molecule has 4 saturated heterocycles. The largest absolute Gasteiger partial charge is 0.466 e. The fourth-order valence-corrected chi connectivity index (χ4v) is 7.65. The van der Waals surface area contributed by atoms with Crippen LogP contribution in [0.5, 0.6) is 0 Å². The normalized spacial score (nSPS) is 20.4. The lowest BCUT2D eigenvalue weighted by Crippen LogP contribution is -2.87. The maximum Gasteiger partial charge on any atom is 0.410 e. The van der Waals surface area contributed by atoms with E-state index in [1.54, 1.807) is 23.6 Å². The smallest absolute Gasteiger partial charge is 0.410 e. The Morgan fingerprint density at radius 1 is 0.469 bits per heavy atom. The van der Waals surface area contributed by atoms with Crippen molar-refractivity contribution >= 4 is 36.1 Å². The molecule has 0 aliphatic carbocycles. The van der Waals surface area contributed by atoms with Crippen LogP contribution in [0.25, 0.3) is 0 Å². The maximum atomic E-state index is 12.0. The first-order valence-corrected chi connectivity index (χ1v) is 23.3. The van der Waals surface area contributed by atoms with Crippen LogP contribution in [-0.4, -0.2) is 125 Å². The highest BCUT2D eigenvalue weighted by molar-refractivity contribution is 5.76. The second kappa shape index (κ2) is 31.6. The SMILES string of the molecule is CCOC(=O)[C@@H]1CCCN(C(=O)OCc2ccccc2)C1.CCOC(=O)[C@@H]1CCC[NH2+]C1.CCOC(=O)[C@H]1CCCN(C(=O)OCc2ccccc2)C1.CCOC(=O)[C@H]1CCC[NH2+]C1. The van der Waals surface area contributed by atoms with E-state index in [1.807, 2.05) is 74.5 Å². The molecule has 4 atom stereocenters. The topological polar surface area (TPSA) is 198 Å². The molecule has 0 bridgehead atoms. The van der Waals surface area contributed by atoms with Gasteiger partial charge in [-0.05, 0) is 90.2 Å². The van der Waals surface area contributed by atoms with Gasteiger partial charge in [-0.2, -0.15) is 0 Å². The Morgan fingerprint density at radius 3 is 1.11 bits per heavy atom. The molecule has 2 aromatic carbocycles. The van der Waals surface area contributed by atoms with Crippen LogP contribution < -0.4 is 10.6 Å². The summed E-state index contributed by atoms with van der Waals surface area (Å²) in [4.78, 5) is 73.1. The number of piperidine rings is 4. The molecule has 0 unspecified atom stereocenters. The van der Waals surface area contributed by atoms with E-state index in [2.05, 4.69) is 10.6 Å². The van der Waals surface area contributed by atoms with Gasteiger partial charge in [-0.3, -0.25) is 19.2 Å². The molecule has 16 heteroatoms. The number of nitrogens with zero attached hydrogens (tertiary/aromatic N) is 2. The average molecular weight is 899 g/mol. The number of carbonyl (C=O) groups excluding carboxylic acids is 6. The number of hydrogen-bond donors (Lipinski definition) is 2. The quantitative estimate of drug-likeness (QED) is 0.228. The van der Waals surface area contributed by atoms with Crippen LogP contribution in [0.4, 0.5) is 9.59 Å². The van der Waals surface area contributed by atoms with Crippen molar-refractivity contribution in [3.63, 3.8) is 0 Å². The summed E-state index contributed by atoms with van der Waals surface area (Å²) in [7, 11) is 0. The molecule has 2 amide bonds. The lowest BCUT2D eigenvalue weighted by molar-refractivity contribution is -0.667. The van der Waals surface area contributed by atoms with Gasteiger partial charge in [-0.1, -0.05) is 60.7 Å². The van der Waals surface area contributed by atoms with Crippen molar-refractivity contribution in [3.05, 3.63) is 71.8 Å². The molecule has 4 aliphatic heterocycles. The fourth-order valence-electron chi connectivity index (χ4n) is 7.65. The highest BCUT2D eigenvalue weighted by Crippen LogP contribution is 2.20. The predicted molar refractivity (Wildman–Crippen MR) is 237 cm³/mol. The lowest BCUT2D eigenvalue weighted by atomic mass is 9.99. The van der Waals surface area contributed by atoms with Crippen LogP contribution in [-0.2, 0) is 60.8 Å². The second-order valence-corrected chi connectivity index (χ2v) is 16.0. The fraction of sp³-hybridized carbons (Fsp3) is 0.625. The molecule has 4 aliphatic rings. The number of nitrogens with two attached hydrogens (primary N) is 2. The molecule has 356 valence electrons. The van der Waals surface area contributed by atoms with Gasteiger partial charge in [0.1, 0.15) is 25.0 Å². The summed E-state index contributed by atoms with van der Waals surface area (Å²) in [5, 5.41) is 4.37.